The Bertz CT molecular complexity index is 904. The van der Waals surface area contributed by atoms with E-state index in [-0.39, 0.29) is 18.0 Å². The highest BCUT2D eigenvalue weighted by Crippen LogP contribution is 2.29. The molecule has 30 heavy (non-hydrogen) atoms. The number of hydrogen-bond donors (Lipinski definition) is 1. The summed E-state index contributed by atoms with van der Waals surface area (Å²) >= 11 is 0. The zero-order valence-corrected chi connectivity index (χ0v) is 17.1. The molecule has 0 unspecified atom stereocenters. The molecule has 1 N–H and O–H groups in total. The number of hydrogen-bond acceptors (Lipinski definition) is 5. The summed E-state index contributed by atoms with van der Waals surface area (Å²) in [5.41, 5.74) is 1.44. The summed E-state index contributed by atoms with van der Waals surface area (Å²) in [5, 5.41) is 12.0. The van der Waals surface area contributed by atoms with E-state index in [2.05, 4.69) is 5.32 Å². The number of nitrogens with one attached hydrogen (secondary N) is 1. The first-order valence-corrected chi connectivity index (χ1v) is 9.60. The van der Waals surface area contributed by atoms with Crippen LogP contribution in [0.3, 0.4) is 0 Å². The summed E-state index contributed by atoms with van der Waals surface area (Å²) in [4.78, 5) is 12.2. The van der Waals surface area contributed by atoms with Gasteiger partial charge in [0, 0.05) is 19.8 Å². The summed E-state index contributed by atoms with van der Waals surface area (Å²) in [7, 11) is 1.50. The van der Waals surface area contributed by atoms with Gasteiger partial charge in [-0.3, -0.25) is 4.79 Å². The van der Waals surface area contributed by atoms with Gasteiger partial charge in [0.05, 0.1) is 7.11 Å². The van der Waals surface area contributed by atoms with Gasteiger partial charge in [-0.1, -0.05) is 18.2 Å². The molecule has 2 aromatic rings. The average molecular weight is 412 g/mol. The lowest BCUT2D eigenvalue weighted by Gasteiger charge is -2.12. The second kappa shape index (κ2) is 12.2. The fourth-order valence-electron chi connectivity index (χ4n) is 2.57. The van der Waals surface area contributed by atoms with Crippen LogP contribution in [-0.2, 0) is 16.1 Å². The average Bonchev–Trinajstić information content (AvgIpc) is 2.77. The first kappa shape index (κ1) is 22.9. The highest BCUT2D eigenvalue weighted by molar-refractivity contribution is 6.01. The minimum Gasteiger partial charge on any atom is -0.493 e. The number of ether oxygens (including phenoxy) is 3. The van der Waals surface area contributed by atoms with Crippen LogP contribution in [0.4, 0.5) is 4.39 Å². The van der Waals surface area contributed by atoms with E-state index < -0.39 is 5.91 Å². The number of nitriles is 1. The molecule has 7 heteroatoms. The van der Waals surface area contributed by atoms with E-state index in [1.54, 1.807) is 30.3 Å². The number of amides is 1. The van der Waals surface area contributed by atoms with Crippen molar-refractivity contribution in [2.75, 3.05) is 26.9 Å². The van der Waals surface area contributed by atoms with Gasteiger partial charge in [0.2, 0.25) is 0 Å². The Morgan fingerprint density at radius 1 is 1.20 bits per heavy atom. The maximum atomic E-state index is 13.0. The second-order valence-electron chi connectivity index (χ2n) is 6.30. The zero-order chi connectivity index (χ0) is 21.8. The van der Waals surface area contributed by atoms with Gasteiger partial charge in [0.15, 0.2) is 11.5 Å². The van der Waals surface area contributed by atoms with E-state index in [0.29, 0.717) is 43.2 Å². The van der Waals surface area contributed by atoms with Crippen LogP contribution in [0, 0.1) is 17.1 Å². The first-order chi connectivity index (χ1) is 14.6. The van der Waals surface area contributed by atoms with Gasteiger partial charge in [-0.2, -0.15) is 5.26 Å². The first-order valence-electron chi connectivity index (χ1n) is 9.60. The Kier molecular flexibility index (Phi) is 9.35. The van der Waals surface area contributed by atoms with Crippen LogP contribution in [0.25, 0.3) is 6.08 Å². The number of carbonyl (C=O) groups excluding carboxylic acids is 1. The van der Waals surface area contributed by atoms with E-state index in [1.165, 1.54) is 25.3 Å². The van der Waals surface area contributed by atoms with E-state index >= 15 is 0 Å². The lowest BCUT2D eigenvalue weighted by molar-refractivity contribution is -0.117. The maximum absolute atomic E-state index is 13.0. The van der Waals surface area contributed by atoms with Crippen molar-refractivity contribution in [2.24, 2.45) is 0 Å². The molecule has 0 aromatic heterocycles. The van der Waals surface area contributed by atoms with Crippen molar-refractivity contribution < 1.29 is 23.4 Å². The Morgan fingerprint density at radius 3 is 2.63 bits per heavy atom. The Balaban J connectivity index is 2.03. The molecule has 0 radical (unpaired) electrons. The maximum Gasteiger partial charge on any atom is 0.261 e. The fourth-order valence-corrected chi connectivity index (χ4v) is 2.57. The third-order valence-electron chi connectivity index (χ3n) is 4.13. The number of nitrogens with zero attached hydrogens (tertiary/aromatic N) is 1. The molecule has 0 atom stereocenters. The lowest BCUT2D eigenvalue weighted by Crippen LogP contribution is -2.26. The molecule has 6 nitrogen and oxygen atoms in total. The molecule has 0 saturated heterocycles. The van der Waals surface area contributed by atoms with Crippen LogP contribution in [0.15, 0.2) is 48.0 Å². The van der Waals surface area contributed by atoms with E-state index in [9.17, 15) is 14.4 Å². The quantitative estimate of drug-likeness (QED) is 0.344. The van der Waals surface area contributed by atoms with Crippen molar-refractivity contribution in [3.63, 3.8) is 0 Å². The van der Waals surface area contributed by atoms with Crippen LogP contribution in [-0.4, -0.2) is 32.8 Å². The number of methoxy groups -OCH3 is 1. The molecule has 1 amide bonds. The van der Waals surface area contributed by atoms with E-state index in [0.717, 1.165) is 5.56 Å². The zero-order valence-electron chi connectivity index (χ0n) is 17.1. The van der Waals surface area contributed by atoms with E-state index in [4.69, 9.17) is 14.2 Å². The second-order valence-corrected chi connectivity index (χ2v) is 6.30. The lowest BCUT2D eigenvalue weighted by atomic mass is 10.1. The largest absolute Gasteiger partial charge is 0.493 e. The molecule has 0 aliphatic rings. The molecular weight excluding hydrogens is 387 g/mol. The molecule has 0 fully saturated rings. The van der Waals surface area contributed by atoms with Crippen molar-refractivity contribution in [2.45, 2.75) is 20.0 Å². The third-order valence-corrected chi connectivity index (χ3v) is 4.13. The van der Waals surface area contributed by atoms with Crippen molar-refractivity contribution >= 4 is 12.0 Å². The highest BCUT2D eigenvalue weighted by Gasteiger charge is 2.10. The molecule has 0 spiro atoms. The van der Waals surface area contributed by atoms with Gasteiger partial charge in [-0.05, 0) is 54.8 Å². The van der Waals surface area contributed by atoms with Crippen LogP contribution in [0.1, 0.15) is 24.5 Å². The molecule has 158 valence electrons. The Morgan fingerprint density at radius 2 is 1.97 bits per heavy atom. The van der Waals surface area contributed by atoms with Gasteiger partial charge in [-0.15, -0.1) is 0 Å². The van der Waals surface area contributed by atoms with Gasteiger partial charge in [0.25, 0.3) is 5.91 Å². The fraction of sp³-hybridized carbons (Fsp3) is 0.304. The molecular formula is C23H25FN2O4. The molecule has 0 aliphatic heterocycles. The van der Waals surface area contributed by atoms with E-state index in [1.807, 2.05) is 13.0 Å². The van der Waals surface area contributed by atoms with Crippen LogP contribution in [0.2, 0.25) is 0 Å². The van der Waals surface area contributed by atoms with Gasteiger partial charge in [-0.25, -0.2) is 4.39 Å². The van der Waals surface area contributed by atoms with Gasteiger partial charge < -0.3 is 19.5 Å². The standard InChI is InChI=1S/C23H25FN2O4/c1-3-29-12-4-11-26-23(27)19(15-25)13-18-7-10-21(22(14-18)28-2)30-16-17-5-8-20(24)9-6-17/h5-10,13-14H,3-4,11-12,16H2,1-2H3,(H,26,27)/b19-13+. The minimum absolute atomic E-state index is 0.00607. The van der Waals surface area contributed by atoms with Crippen molar-refractivity contribution in [1.82, 2.24) is 5.32 Å². The number of rotatable bonds is 11. The predicted molar refractivity (Wildman–Crippen MR) is 111 cm³/mol. The summed E-state index contributed by atoms with van der Waals surface area (Å²) < 4.78 is 29.3. The predicted octanol–water partition coefficient (Wildman–Crippen LogP) is 3.86. The highest BCUT2D eigenvalue weighted by atomic mass is 19.1. The number of benzene rings is 2. The molecule has 2 aromatic carbocycles. The van der Waals surface area contributed by atoms with Crippen LogP contribution in [0.5, 0.6) is 11.5 Å². The molecule has 2 rings (SSSR count). The topological polar surface area (TPSA) is 80.6 Å². The summed E-state index contributed by atoms with van der Waals surface area (Å²) in [5.74, 6) is 0.210. The minimum atomic E-state index is -0.440. The summed E-state index contributed by atoms with van der Waals surface area (Å²) in [6.45, 7) is 3.76. The normalized spacial score (nSPS) is 10.9. The smallest absolute Gasteiger partial charge is 0.261 e. The number of halogens is 1. The van der Waals surface area contributed by atoms with Gasteiger partial charge in [0.1, 0.15) is 24.1 Å². The monoisotopic (exact) mass is 412 g/mol. The van der Waals surface area contributed by atoms with Crippen LogP contribution >= 0.6 is 0 Å². The van der Waals surface area contributed by atoms with Crippen molar-refractivity contribution in [3.8, 4) is 17.6 Å². The third kappa shape index (κ3) is 7.22. The van der Waals surface area contributed by atoms with Crippen molar-refractivity contribution in [3.05, 3.63) is 65.0 Å². The van der Waals surface area contributed by atoms with Gasteiger partial charge >= 0.3 is 0 Å². The number of carbonyl (C=O) groups is 1. The summed E-state index contributed by atoms with van der Waals surface area (Å²) in [6, 6.07) is 13.1. The molecule has 0 aliphatic carbocycles. The van der Waals surface area contributed by atoms with Crippen LogP contribution < -0.4 is 14.8 Å². The SMILES string of the molecule is CCOCCCNC(=O)/C(C#N)=C/c1ccc(OCc2ccc(F)cc2)c(OC)c1. The Labute approximate surface area is 175 Å². The van der Waals surface area contributed by atoms with Crippen molar-refractivity contribution in [1.29, 1.82) is 5.26 Å². The Hall–Kier alpha value is -3.37. The molecule has 0 saturated carbocycles. The molecule has 0 heterocycles. The molecule has 0 bridgehead atoms. The summed E-state index contributed by atoms with van der Waals surface area (Å²) in [6.07, 6.45) is 2.16.